The molecule has 0 N–H and O–H groups in total. The lowest BCUT2D eigenvalue weighted by Crippen LogP contribution is -2.30. The first kappa shape index (κ1) is 21.5. The summed E-state index contributed by atoms with van der Waals surface area (Å²) in [6.45, 7) is 9.45. The van der Waals surface area contributed by atoms with Crippen molar-refractivity contribution in [3.63, 3.8) is 0 Å². The van der Waals surface area contributed by atoms with Crippen molar-refractivity contribution in [1.29, 1.82) is 0 Å². The van der Waals surface area contributed by atoms with Crippen molar-refractivity contribution in [1.82, 2.24) is 0 Å². The largest absolute Gasteiger partial charge is 0.461 e. The third-order valence-corrected chi connectivity index (χ3v) is 3.14. The molecule has 23 heavy (non-hydrogen) atoms. The molecule has 0 aliphatic heterocycles. The Morgan fingerprint density at radius 3 is 2.13 bits per heavy atom. The van der Waals surface area contributed by atoms with Crippen LogP contribution in [0.15, 0.2) is 30.3 Å². The van der Waals surface area contributed by atoms with Gasteiger partial charge in [0.25, 0.3) is 0 Å². The average Bonchev–Trinajstić information content (AvgIpc) is 2.41. The molecule has 0 heterocycles. The summed E-state index contributed by atoms with van der Waals surface area (Å²) in [5.41, 5.74) is 0.377. The first-order chi connectivity index (χ1) is 10.2. The summed E-state index contributed by atoms with van der Waals surface area (Å²) in [4.78, 5) is 24.2. The van der Waals surface area contributed by atoms with Crippen LogP contribution >= 0.6 is 13.5 Å². The van der Waals surface area contributed by atoms with Crippen LogP contribution in [0.1, 0.15) is 46.6 Å². The van der Waals surface area contributed by atoms with Crippen LogP contribution in [0.3, 0.4) is 0 Å². The van der Waals surface area contributed by atoms with Gasteiger partial charge in [0.05, 0.1) is 12.3 Å². The van der Waals surface area contributed by atoms with Crippen LogP contribution in [-0.2, 0) is 25.7 Å². The van der Waals surface area contributed by atoms with Gasteiger partial charge in [0.1, 0.15) is 12.2 Å². The molecule has 0 radical (unpaired) electrons. The Kier molecular flexibility index (Phi) is 8.98. The highest BCUT2D eigenvalue weighted by molar-refractivity contribution is 7.59. The second-order valence-corrected chi connectivity index (χ2v) is 6.73. The SMILES string of the molecule is CC(C)[C@H](CC(=O)OC(C)(C)C)C(=O)OCc1ccccc1.S. The zero-order valence-electron chi connectivity index (χ0n) is 14.6. The molecule has 0 saturated heterocycles. The maximum Gasteiger partial charge on any atom is 0.310 e. The van der Waals surface area contributed by atoms with Crippen LogP contribution < -0.4 is 0 Å². The number of benzene rings is 1. The fourth-order valence-corrected chi connectivity index (χ4v) is 1.99. The molecule has 0 aromatic heterocycles. The molecule has 130 valence electrons. The lowest BCUT2D eigenvalue weighted by Gasteiger charge is -2.23. The predicted molar refractivity (Wildman–Crippen MR) is 95.4 cm³/mol. The first-order valence-corrected chi connectivity index (χ1v) is 7.61. The Balaban J connectivity index is 0.00000484. The van der Waals surface area contributed by atoms with E-state index in [1.165, 1.54) is 0 Å². The monoisotopic (exact) mass is 340 g/mol. The van der Waals surface area contributed by atoms with Crippen LogP contribution in [0, 0.1) is 11.8 Å². The van der Waals surface area contributed by atoms with E-state index in [1.807, 2.05) is 65.0 Å². The zero-order chi connectivity index (χ0) is 16.8. The summed E-state index contributed by atoms with van der Waals surface area (Å²) in [5.74, 6) is -1.21. The minimum atomic E-state index is -0.549. The van der Waals surface area contributed by atoms with Gasteiger partial charge >= 0.3 is 11.9 Å². The molecular formula is C18H28O4S. The molecule has 4 nitrogen and oxygen atoms in total. The molecule has 0 amide bonds. The van der Waals surface area contributed by atoms with Crippen molar-refractivity contribution < 1.29 is 19.1 Å². The van der Waals surface area contributed by atoms with E-state index in [4.69, 9.17) is 9.47 Å². The summed E-state index contributed by atoms with van der Waals surface area (Å²) in [7, 11) is 0. The van der Waals surface area contributed by atoms with Gasteiger partial charge in [-0.25, -0.2) is 0 Å². The Morgan fingerprint density at radius 1 is 1.09 bits per heavy atom. The second kappa shape index (κ2) is 9.60. The molecule has 0 spiro atoms. The minimum absolute atomic E-state index is 0. The number of hydrogen-bond donors (Lipinski definition) is 0. The molecule has 0 unspecified atom stereocenters. The number of hydrogen-bond acceptors (Lipinski definition) is 4. The third-order valence-electron chi connectivity index (χ3n) is 3.14. The van der Waals surface area contributed by atoms with Crippen molar-refractivity contribution in [3.8, 4) is 0 Å². The number of rotatable bonds is 6. The Morgan fingerprint density at radius 2 is 1.65 bits per heavy atom. The topological polar surface area (TPSA) is 52.6 Å². The van der Waals surface area contributed by atoms with E-state index < -0.39 is 11.5 Å². The molecule has 0 aliphatic rings. The number of carbonyl (C=O) groups excluding carboxylic acids is 2. The Bertz CT molecular complexity index is 491. The third kappa shape index (κ3) is 8.65. The molecule has 5 heteroatoms. The maximum atomic E-state index is 12.2. The first-order valence-electron chi connectivity index (χ1n) is 7.61. The summed E-state index contributed by atoms with van der Waals surface area (Å²) >= 11 is 0. The van der Waals surface area contributed by atoms with Crippen molar-refractivity contribution in [2.45, 2.75) is 53.2 Å². The highest BCUT2D eigenvalue weighted by atomic mass is 32.1. The zero-order valence-corrected chi connectivity index (χ0v) is 15.6. The highest BCUT2D eigenvalue weighted by Gasteiger charge is 2.29. The fraction of sp³-hybridized carbons (Fsp3) is 0.556. The lowest BCUT2D eigenvalue weighted by molar-refractivity contribution is -0.163. The van der Waals surface area contributed by atoms with E-state index in [0.717, 1.165) is 5.56 Å². The van der Waals surface area contributed by atoms with Crippen molar-refractivity contribution in [2.75, 3.05) is 0 Å². The van der Waals surface area contributed by atoms with E-state index in [0.29, 0.717) is 0 Å². The second-order valence-electron chi connectivity index (χ2n) is 6.73. The van der Waals surface area contributed by atoms with Gasteiger partial charge in [-0.1, -0.05) is 44.2 Å². The van der Waals surface area contributed by atoms with Gasteiger partial charge in [-0.15, -0.1) is 0 Å². The molecule has 0 fully saturated rings. The normalized spacial score (nSPS) is 12.3. The lowest BCUT2D eigenvalue weighted by atomic mass is 9.92. The summed E-state index contributed by atoms with van der Waals surface area (Å²) < 4.78 is 10.6. The quantitative estimate of drug-likeness (QED) is 0.738. The fourth-order valence-electron chi connectivity index (χ4n) is 1.99. The van der Waals surface area contributed by atoms with E-state index in [1.54, 1.807) is 0 Å². The Labute approximate surface area is 146 Å². The molecule has 1 aromatic rings. The maximum absolute atomic E-state index is 12.2. The van der Waals surface area contributed by atoms with Crippen LogP contribution in [0.2, 0.25) is 0 Å². The van der Waals surface area contributed by atoms with Gasteiger partial charge in [0.15, 0.2) is 0 Å². The van der Waals surface area contributed by atoms with Crippen molar-refractivity contribution >= 4 is 25.4 Å². The van der Waals surface area contributed by atoms with Crippen LogP contribution in [-0.4, -0.2) is 17.5 Å². The van der Waals surface area contributed by atoms with Gasteiger partial charge in [-0.2, -0.15) is 13.5 Å². The number of ether oxygens (including phenoxy) is 2. The standard InChI is InChI=1S/C18H26O4.H2S/c1-13(2)15(11-16(19)22-18(3,4)5)17(20)21-12-14-9-7-6-8-10-14;/h6-10,13,15H,11-12H2,1-5H3;1H2/t15-;/m0./s1. The van der Waals surface area contributed by atoms with Gasteiger partial charge < -0.3 is 9.47 Å². The summed E-state index contributed by atoms with van der Waals surface area (Å²) in [6.07, 6.45) is 0.0442. The predicted octanol–water partition coefficient (Wildman–Crippen LogP) is 3.85. The van der Waals surface area contributed by atoms with Gasteiger partial charge in [0.2, 0.25) is 0 Å². The molecule has 0 saturated carbocycles. The number of carbonyl (C=O) groups is 2. The van der Waals surface area contributed by atoms with Crippen LogP contribution in [0.5, 0.6) is 0 Å². The average molecular weight is 340 g/mol. The van der Waals surface area contributed by atoms with E-state index in [-0.39, 0.29) is 44.4 Å². The van der Waals surface area contributed by atoms with Crippen LogP contribution in [0.4, 0.5) is 0 Å². The van der Waals surface area contributed by atoms with Gasteiger partial charge in [-0.3, -0.25) is 9.59 Å². The van der Waals surface area contributed by atoms with Gasteiger partial charge in [-0.05, 0) is 32.3 Å². The smallest absolute Gasteiger partial charge is 0.310 e. The molecular weight excluding hydrogens is 312 g/mol. The van der Waals surface area contributed by atoms with Crippen molar-refractivity contribution in [3.05, 3.63) is 35.9 Å². The van der Waals surface area contributed by atoms with E-state index >= 15 is 0 Å². The van der Waals surface area contributed by atoms with Gasteiger partial charge in [0, 0.05) is 0 Å². The minimum Gasteiger partial charge on any atom is -0.461 e. The molecule has 0 bridgehead atoms. The van der Waals surface area contributed by atoms with Crippen molar-refractivity contribution in [2.24, 2.45) is 11.8 Å². The summed E-state index contributed by atoms with van der Waals surface area (Å²) in [6, 6.07) is 9.48. The van der Waals surface area contributed by atoms with E-state index in [9.17, 15) is 9.59 Å². The molecule has 1 aromatic carbocycles. The summed E-state index contributed by atoms with van der Waals surface area (Å²) in [5, 5.41) is 0. The van der Waals surface area contributed by atoms with Crippen LogP contribution in [0.25, 0.3) is 0 Å². The van der Waals surface area contributed by atoms with E-state index in [2.05, 4.69) is 0 Å². The highest BCUT2D eigenvalue weighted by Crippen LogP contribution is 2.20. The molecule has 1 atom stereocenters. The number of esters is 2. The molecule has 1 rings (SSSR count). The Hall–Kier alpha value is -1.49. The molecule has 0 aliphatic carbocycles.